The van der Waals surface area contributed by atoms with Gasteiger partial charge in [-0.2, -0.15) is 0 Å². The summed E-state index contributed by atoms with van der Waals surface area (Å²) < 4.78 is 5.51. The minimum Gasteiger partial charge on any atom is -0.346 e. The van der Waals surface area contributed by atoms with E-state index in [4.69, 9.17) is 0 Å². The molecule has 0 fully saturated rings. The Morgan fingerprint density at radius 1 is 1.17 bits per heavy atom. The highest BCUT2D eigenvalue weighted by molar-refractivity contribution is 14.1. The number of benzene rings is 1. The van der Waals surface area contributed by atoms with Gasteiger partial charge in [0, 0.05) is 8.84 Å². The summed E-state index contributed by atoms with van der Waals surface area (Å²) in [6, 6.07) is 10.2. The maximum atomic E-state index is 4.22. The third kappa shape index (κ3) is 4.07. The molecular formula is C8H7IN2O. The third-order valence-electron chi connectivity index (χ3n) is 1.02. The van der Waals surface area contributed by atoms with Crippen molar-refractivity contribution in [3.63, 3.8) is 0 Å². The average Bonchev–Trinajstić information content (AvgIpc) is 2.62. The van der Waals surface area contributed by atoms with Crippen molar-refractivity contribution in [2.24, 2.45) is 0 Å². The molecule has 62 valence electrons. The number of halogens is 1. The lowest BCUT2D eigenvalue weighted by Gasteiger charge is -1.80. The standard InChI is InChI=1S/C6H5I.C2H2N2O/c7-6-4-2-1-3-5-6;1-2-5-4-3-1/h1-5H;1-2H. The van der Waals surface area contributed by atoms with Crippen LogP contribution in [0.3, 0.4) is 0 Å². The lowest BCUT2D eigenvalue weighted by Crippen LogP contribution is -1.61. The van der Waals surface area contributed by atoms with E-state index >= 15 is 0 Å². The molecule has 3 nitrogen and oxygen atoms in total. The van der Waals surface area contributed by atoms with E-state index in [2.05, 4.69) is 49.6 Å². The van der Waals surface area contributed by atoms with E-state index < -0.39 is 0 Å². The van der Waals surface area contributed by atoms with Crippen molar-refractivity contribution >= 4 is 22.6 Å². The molecule has 0 aliphatic carbocycles. The molecule has 0 radical (unpaired) electrons. The molecule has 0 aliphatic heterocycles. The molecule has 1 aromatic heterocycles. The van der Waals surface area contributed by atoms with Crippen LogP contribution < -0.4 is 0 Å². The van der Waals surface area contributed by atoms with Crippen LogP contribution in [-0.4, -0.2) is 10.4 Å². The van der Waals surface area contributed by atoms with Gasteiger partial charge in [-0.05, 0) is 34.7 Å². The Morgan fingerprint density at radius 2 is 1.92 bits per heavy atom. The van der Waals surface area contributed by atoms with Crippen LogP contribution in [0, 0.1) is 3.57 Å². The van der Waals surface area contributed by atoms with Gasteiger partial charge in [0.1, 0.15) is 6.26 Å². The van der Waals surface area contributed by atoms with Crippen LogP contribution in [0.1, 0.15) is 0 Å². The molecule has 0 saturated heterocycles. The second-order valence-electron chi connectivity index (χ2n) is 1.88. The molecule has 4 heteroatoms. The Labute approximate surface area is 83.9 Å². The normalized spacial score (nSPS) is 8.42. The van der Waals surface area contributed by atoms with Crippen LogP contribution in [0.2, 0.25) is 0 Å². The Bertz CT molecular complexity index is 266. The highest BCUT2D eigenvalue weighted by Crippen LogP contribution is 1.99. The summed E-state index contributed by atoms with van der Waals surface area (Å²) >= 11 is 2.28. The highest BCUT2D eigenvalue weighted by atomic mass is 127. The van der Waals surface area contributed by atoms with Crippen molar-refractivity contribution < 1.29 is 4.52 Å². The molecule has 1 heterocycles. The van der Waals surface area contributed by atoms with Crippen molar-refractivity contribution in [1.82, 2.24) is 10.4 Å². The Hall–Kier alpha value is -0.910. The van der Waals surface area contributed by atoms with Gasteiger partial charge in [-0.25, -0.2) is 0 Å². The van der Waals surface area contributed by atoms with Gasteiger partial charge in [0.2, 0.25) is 0 Å². The van der Waals surface area contributed by atoms with Crippen molar-refractivity contribution in [1.29, 1.82) is 0 Å². The first kappa shape index (κ1) is 9.18. The smallest absolute Gasteiger partial charge is 0.144 e. The first-order valence-corrected chi connectivity index (χ1v) is 4.39. The van der Waals surface area contributed by atoms with Crippen molar-refractivity contribution in [3.05, 3.63) is 46.4 Å². The summed E-state index contributed by atoms with van der Waals surface area (Å²) in [7, 11) is 0. The summed E-state index contributed by atoms with van der Waals surface area (Å²) in [5.41, 5.74) is 0. The molecule has 0 amide bonds. The van der Waals surface area contributed by atoms with Crippen LogP contribution in [-0.2, 0) is 0 Å². The quantitative estimate of drug-likeness (QED) is 0.692. The molecular weight excluding hydrogens is 267 g/mol. The van der Waals surface area contributed by atoms with Gasteiger partial charge in [-0.1, -0.05) is 18.2 Å². The Kier molecular flexibility index (Phi) is 4.36. The fourth-order valence-corrected chi connectivity index (χ4v) is 0.966. The van der Waals surface area contributed by atoms with E-state index in [1.165, 1.54) is 16.0 Å². The van der Waals surface area contributed by atoms with E-state index in [0.717, 1.165) is 0 Å². The van der Waals surface area contributed by atoms with Gasteiger partial charge in [-0.15, -0.1) is 5.10 Å². The largest absolute Gasteiger partial charge is 0.346 e. The second-order valence-corrected chi connectivity index (χ2v) is 3.13. The van der Waals surface area contributed by atoms with E-state index in [9.17, 15) is 0 Å². The number of nitrogens with zero attached hydrogens (tertiary/aromatic N) is 2. The van der Waals surface area contributed by atoms with Crippen molar-refractivity contribution in [2.75, 3.05) is 0 Å². The number of aromatic nitrogens is 2. The van der Waals surface area contributed by atoms with Gasteiger partial charge >= 0.3 is 0 Å². The lowest BCUT2D eigenvalue weighted by atomic mass is 10.4. The van der Waals surface area contributed by atoms with Gasteiger partial charge in [0.25, 0.3) is 0 Å². The van der Waals surface area contributed by atoms with Gasteiger partial charge in [-0.3, -0.25) is 0 Å². The molecule has 0 unspecified atom stereocenters. The fourth-order valence-electron chi connectivity index (χ4n) is 0.551. The molecule has 2 aromatic rings. The van der Waals surface area contributed by atoms with E-state index in [1.807, 2.05) is 18.2 Å². The van der Waals surface area contributed by atoms with Crippen molar-refractivity contribution in [2.45, 2.75) is 0 Å². The van der Waals surface area contributed by atoms with Gasteiger partial charge < -0.3 is 4.52 Å². The first-order valence-electron chi connectivity index (χ1n) is 3.31. The molecule has 0 saturated carbocycles. The topological polar surface area (TPSA) is 38.9 Å². The van der Waals surface area contributed by atoms with Crippen LogP contribution in [0.15, 0.2) is 47.3 Å². The lowest BCUT2D eigenvalue weighted by molar-refractivity contribution is 0.393. The number of hydrogen-bond donors (Lipinski definition) is 0. The maximum Gasteiger partial charge on any atom is 0.144 e. The summed E-state index contributed by atoms with van der Waals surface area (Å²) in [6.07, 6.45) is 2.88. The van der Waals surface area contributed by atoms with E-state index in [-0.39, 0.29) is 0 Å². The molecule has 12 heavy (non-hydrogen) atoms. The molecule has 0 spiro atoms. The molecule has 2 rings (SSSR count). The van der Waals surface area contributed by atoms with Crippen LogP contribution >= 0.6 is 22.6 Å². The minimum atomic E-state index is 1.29. The Balaban J connectivity index is 0.000000127. The zero-order chi connectivity index (χ0) is 8.65. The Morgan fingerprint density at radius 3 is 2.17 bits per heavy atom. The summed E-state index contributed by atoms with van der Waals surface area (Å²) in [5, 5.41) is 6.40. The zero-order valence-electron chi connectivity index (χ0n) is 6.22. The summed E-state index contributed by atoms with van der Waals surface area (Å²) in [5.74, 6) is 0. The maximum absolute atomic E-state index is 4.22. The fraction of sp³-hybridized carbons (Fsp3) is 0. The predicted octanol–water partition coefficient (Wildman–Crippen LogP) is 2.36. The third-order valence-corrected chi connectivity index (χ3v) is 1.73. The van der Waals surface area contributed by atoms with Crippen LogP contribution in [0.5, 0.6) is 0 Å². The van der Waals surface area contributed by atoms with E-state index in [0.29, 0.717) is 0 Å². The molecule has 0 bridgehead atoms. The highest BCUT2D eigenvalue weighted by Gasteiger charge is 1.74. The molecule has 0 atom stereocenters. The van der Waals surface area contributed by atoms with E-state index in [1.54, 1.807) is 0 Å². The zero-order valence-corrected chi connectivity index (χ0v) is 8.38. The predicted molar refractivity (Wildman–Crippen MR) is 53.5 cm³/mol. The van der Waals surface area contributed by atoms with Crippen molar-refractivity contribution in [3.8, 4) is 0 Å². The van der Waals surface area contributed by atoms with Crippen LogP contribution in [0.4, 0.5) is 0 Å². The summed E-state index contributed by atoms with van der Waals surface area (Å²) in [6.45, 7) is 0. The molecule has 0 N–H and O–H groups in total. The SMILES string of the molecule is Ic1ccccc1.c1conn1. The number of rotatable bonds is 0. The van der Waals surface area contributed by atoms with Gasteiger partial charge in [0.05, 0.1) is 6.20 Å². The monoisotopic (exact) mass is 274 g/mol. The average molecular weight is 274 g/mol. The number of hydrogen-bond acceptors (Lipinski definition) is 3. The summed E-state index contributed by atoms with van der Waals surface area (Å²) in [4.78, 5) is 0. The molecule has 0 aliphatic rings. The van der Waals surface area contributed by atoms with Gasteiger partial charge in [0.15, 0.2) is 0 Å². The van der Waals surface area contributed by atoms with Crippen LogP contribution in [0.25, 0.3) is 0 Å². The minimum absolute atomic E-state index is 1.29. The first-order chi connectivity index (χ1) is 5.89. The second kappa shape index (κ2) is 5.70. The molecule has 1 aromatic carbocycles.